The van der Waals surface area contributed by atoms with Gasteiger partial charge in [0.2, 0.25) is 0 Å². The first-order valence-electron chi connectivity index (χ1n) is 5.34. The van der Waals surface area contributed by atoms with E-state index in [1.807, 2.05) is 0 Å². The van der Waals surface area contributed by atoms with Crippen LogP contribution in [0.25, 0.3) is 0 Å². The van der Waals surface area contributed by atoms with E-state index in [0.29, 0.717) is 10.6 Å². The number of nitrogens with zero attached hydrogens (tertiary/aromatic N) is 1. The minimum atomic E-state index is -0.933. The number of amides is 1. The van der Waals surface area contributed by atoms with Crippen LogP contribution in [0, 0.1) is 6.92 Å². The van der Waals surface area contributed by atoms with Gasteiger partial charge in [-0.1, -0.05) is 16.8 Å². The summed E-state index contributed by atoms with van der Waals surface area (Å²) in [5, 5.41) is 14.8. The van der Waals surface area contributed by atoms with Crippen LogP contribution in [0.5, 0.6) is 0 Å². The van der Waals surface area contributed by atoms with Gasteiger partial charge in [-0.15, -0.1) is 0 Å². The minimum absolute atomic E-state index is 0.0672. The van der Waals surface area contributed by atoms with Gasteiger partial charge in [0, 0.05) is 10.6 Å². The Morgan fingerprint density at radius 1 is 1.50 bits per heavy atom. The number of nitrogens with two attached hydrogens (primary N) is 1. The molecule has 4 N–H and O–H groups in total. The van der Waals surface area contributed by atoms with Gasteiger partial charge in [-0.05, 0) is 44.5 Å². The summed E-state index contributed by atoms with van der Waals surface area (Å²) in [5.74, 6) is -0.372. The Bertz CT molecular complexity index is 498. The van der Waals surface area contributed by atoms with Gasteiger partial charge in [0.15, 0.2) is 5.84 Å². The Kier molecular flexibility index (Phi) is 4.19. The predicted octanol–water partition coefficient (Wildman–Crippen LogP) is 1.90. The number of amidine groups is 1. The van der Waals surface area contributed by atoms with Gasteiger partial charge in [0.1, 0.15) is 0 Å². The molecule has 5 nitrogen and oxygen atoms in total. The fourth-order valence-corrected chi connectivity index (χ4v) is 1.65. The third-order valence-corrected chi connectivity index (χ3v) is 2.84. The van der Waals surface area contributed by atoms with E-state index in [1.54, 1.807) is 39.0 Å². The Morgan fingerprint density at radius 2 is 2.11 bits per heavy atom. The zero-order chi connectivity index (χ0) is 13.9. The molecule has 0 saturated heterocycles. The summed E-state index contributed by atoms with van der Waals surface area (Å²) < 4.78 is 0. The summed E-state index contributed by atoms with van der Waals surface area (Å²) in [6, 6.07) is 4.97. The molecule has 1 amide bonds. The van der Waals surface area contributed by atoms with Gasteiger partial charge in [-0.25, -0.2) is 0 Å². The van der Waals surface area contributed by atoms with Crippen LogP contribution in [-0.4, -0.2) is 22.5 Å². The average Bonchev–Trinajstić information content (AvgIpc) is 2.26. The van der Waals surface area contributed by atoms with Crippen molar-refractivity contribution < 1.29 is 10.0 Å². The van der Waals surface area contributed by atoms with Crippen LogP contribution in [0.3, 0.4) is 0 Å². The number of aryl methyl sites for hydroxylation is 1. The van der Waals surface area contributed by atoms with Crippen molar-refractivity contribution in [3.63, 3.8) is 0 Å². The molecule has 0 unspecified atom stereocenters. The van der Waals surface area contributed by atoms with Crippen LogP contribution in [0.15, 0.2) is 23.4 Å². The molecule has 0 bridgehead atoms. The molecule has 6 heteroatoms. The highest BCUT2D eigenvalue weighted by Gasteiger charge is 2.26. The number of carbonyl (C=O) groups is 1. The van der Waals surface area contributed by atoms with Crippen LogP contribution < -0.4 is 11.1 Å². The maximum absolute atomic E-state index is 12.1. The van der Waals surface area contributed by atoms with Crippen molar-refractivity contribution in [2.24, 2.45) is 10.9 Å². The molecule has 0 saturated carbocycles. The number of rotatable bonds is 3. The Morgan fingerprint density at radius 3 is 2.61 bits per heavy atom. The smallest absolute Gasteiger partial charge is 0.252 e. The molecule has 98 valence electrons. The monoisotopic (exact) mass is 269 g/mol. The molecule has 0 spiro atoms. The number of hydrogen-bond donors (Lipinski definition) is 3. The molecule has 0 aromatic heterocycles. The Balaban J connectivity index is 2.96. The van der Waals surface area contributed by atoms with Crippen molar-refractivity contribution in [3.05, 3.63) is 34.3 Å². The lowest BCUT2D eigenvalue weighted by Crippen LogP contribution is -2.53. The number of halogens is 1. The van der Waals surface area contributed by atoms with Gasteiger partial charge in [-0.3, -0.25) is 4.79 Å². The standard InChI is InChI=1S/C12H16ClN3O2/c1-7-6-8(13)4-5-9(7)10(17)15-12(2,3)11(14)16-18/h4-6,18H,1-3H3,(H2,14,16)(H,15,17). The highest BCUT2D eigenvalue weighted by Crippen LogP contribution is 2.16. The molecule has 1 aromatic carbocycles. The number of carbonyl (C=O) groups excluding carboxylic acids is 1. The Labute approximate surface area is 111 Å². The molecule has 0 fully saturated rings. The SMILES string of the molecule is Cc1cc(Cl)ccc1C(=O)NC(C)(C)/C(N)=N/O. The van der Waals surface area contributed by atoms with Crippen molar-refractivity contribution in [3.8, 4) is 0 Å². The summed E-state index contributed by atoms with van der Waals surface area (Å²) in [4.78, 5) is 12.1. The molecule has 1 aromatic rings. The summed E-state index contributed by atoms with van der Waals surface area (Å²) >= 11 is 5.82. The zero-order valence-corrected chi connectivity index (χ0v) is 11.2. The highest BCUT2D eigenvalue weighted by atomic mass is 35.5. The second kappa shape index (κ2) is 5.27. The molecule has 0 radical (unpaired) electrons. The van der Waals surface area contributed by atoms with Crippen molar-refractivity contribution in [2.75, 3.05) is 0 Å². The van der Waals surface area contributed by atoms with E-state index in [1.165, 1.54) is 0 Å². The molecular formula is C12H16ClN3O2. The van der Waals surface area contributed by atoms with Gasteiger partial charge in [0.25, 0.3) is 5.91 Å². The molecule has 0 aliphatic carbocycles. The quantitative estimate of drug-likeness (QED) is 0.339. The van der Waals surface area contributed by atoms with Crippen LogP contribution in [0.2, 0.25) is 5.02 Å². The van der Waals surface area contributed by atoms with Crippen LogP contribution in [0.1, 0.15) is 29.8 Å². The van der Waals surface area contributed by atoms with E-state index in [0.717, 1.165) is 5.56 Å². The van der Waals surface area contributed by atoms with Crippen molar-refractivity contribution in [1.29, 1.82) is 0 Å². The fraction of sp³-hybridized carbons (Fsp3) is 0.333. The lowest BCUT2D eigenvalue weighted by molar-refractivity contribution is 0.0930. The molecule has 18 heavy (non-hydrogen) atoms. The number of oxime groups is 1. The van der Waals surface area contributed by atoms with Gasteiger partial charge in [0.05, 0.1) is 5.54 Å². The minimum Gasteiger partial charge on any atom is -0.409 e. The lowest BCUT2D eigenvalue weighted by atomic mass is 10.0. The van der Waals surface area contributed by atoms with E-state index in [2.05, 4.69) is 10.5 Å². The van der Waals surface area contributed by atoms with Gasteiger partial charge in [-0.2, -0.15) is 0 Å². The molecule has 0 aliphatic heterocycles. The second-order valence-corrected chi connectivity index (χ2v) is 4.96. The van der Waals surface area contributed by atoms with E-state index in [9.17, 15) is 4.79 Å². The average molecular weight is 270 g/mol. The normalized spacial score (nSPS) is 12.3. The topological polar surface area (TPSA) is 87.7 Å². The number of nitrogens with one attached hydrogen (secondary N) is 1. The maximum Gasteiger partial charge on any atom is 0.252 e. The van der Waals surface area contributed by atoms with Crippen LogP contribution in [0.4, 0.5) is 0 Å². The third kappa shape index (κ3) is 3.13. The zero-order valence-electron chi connectivity index (χ0n) is 10.5. The largest absolute Gasteiger partial charge is 0.409 e. The fourth-order valence-electron chi connectivity index (χ4n) is 1.42. The number of benzene rings is 1. The predicted molar refractivity (Wildman–Crippen MR) is 71.1 cm³/mol. The first-order chi connectivity index (χ1) is 8.27. The molecule has 0 aliphatic rings. The first kappa shape index (κ1) is 14.3. The van der Waals surface area contributed by atoms with E-state index >= 15 is 0 Å². The van der Waals surface area contributed by atoms with Crippen molar-refractivity contribution in [1.82, 2.24) is 5.32 Å². The summed E-state index contributed by atoms with van der Waals surface area (Å²) in [6.07, 6.45) is 0. The van der Waals surface area contributed by atoms with Crippen LogP contribution in [-0.2, 0) is 0 Å². The van der Waals surface area contributed by atoms with Crippen molar-refractivity contribution in [2.45, 2.75) is 26.3 Å². The highest BCUT2D eigenvalue weighted by molar-refractivity contribution is 6.30. The third-order valence-electron chi connectivity index (χ3n) is 2.61. The van der Waals surface area contributed by atoms with Gasteiger partial charge >= 0.3 is 0 Å². The summed E-state index contributed by atoms with van der Waals surface area (Å²) in [7, 11) is 0. The molecular weight excluding hydrogens is 254 g/mol. The summed E-state index contributed by atoms with van der Waals surface area (Å²) in [6.45, 7) is 5.08. The van der Waals surface area contributed by atoms with E-state index in [-0.39, 0.29) is 11.7 Å². The second-order valence-electron chi connectivity index (χ2n) is 4.52. The van der Waals surface area contributed by atoms with Crippen LogP contribution >= 0.6 is 11.6 Å². The van der Waals surface area contributed by atoms with Gasteiger partial charge < -0.3 is 16.3 Å². The molecule has 1 rings (SSSR count). The summed E-state index contributed by atoms with van der Waals surface area (Å²) in [5.41, 5.74) is 5.83. The maximum atomic E-state index is 12.1. The Hall–Kier alpha value is -1.75. The first-order valence-corrected chi connectivity index (χ1v) is 5.72. The molecule has 0 heterocycles. The lowest BCUT2D eigenvalue weighted by Gasteiger charge is -2.24. The molecule has 0 atom stereocenters. The van der Waals surface area contributed by atoms with E-state index in [4.69, 9.17) is 22.5 Å². The van der Waals surface area contributed by atoms with E-state index < -0.39 is 5.54 Å². The van der Waals surface area contributed by atoms with Crippen molar-refractivity contribution >= 4 is 23.3 Å². The number of hydrogen-bond acceptors (Lipinski definition) is 3.